The smallest absolute Gasteiger partial charge is 0.308 e. The van der Waals surface area contributed by atoms with Crippen molar-refractivity contribution < 1.29 is 19.0 Å². The standard InChI is InChI=1S/C9H16O4/c1-4-5-13-9(10)6-8(12-3)7-11-2/h4,8H,1,5-7H2,2-3H3. The molecular formula is C9H16O4. The van der Waals surface area contributed by atoms with Crippen molar-refractivity contribution in [2.45, 2.75) is 12.5 Å². The average molecular weight is 188 g/mol. The van der Waals surface area contributed by atoms with Crippen molar-refractivity contribution in [3.8, 4) is 0 Å². The topological polar surface area (TPSA) is 44.8 Å². The molecule has 0 aliphatic rings. The van der Waals surface area contributed by atoms with Gasteiger partial charge in [-0.05, 0) is 0 Å². The quantitative estimate of drug-likeness (QED) is 0.437. The monoisotopic (exact) mass is 188 g/mol. The van der Waals surface area contributed by atoms with Crippen LogP contribution in [0.1, 0.15) is 6.42 Å². The summed E-state index contributed by atoms with van der Waals surface area (Å²) in [6, 6.07) is 0. The van der Waals surface area contributed by atoms with Gasteiger partial charge in [0.1, 0.15) is 6.61 Å². The van der Waals surface area contributed by atoms with E-state index in [0.717, 1.165) is 0 Å². The van der Waals surface area contributed by atoms with Crippen molar-refractivity contribution in [1.29, 1.82) is 0 Å². The van der Waals surface area contributed by atoms with Crippen LogP contribution in [-0.4, -0.2) is 39.5 Å². The molecule has 0 amide bonds. The van der Waals surface area contributed by atoms with Crippen molar-refractivity contribution >= 4 is 5.97 Å². The number of carbonyl (C=O) groups is 1. The molecule has 0 fully saturated rings. The first-order chi connectivity index (χ1) is 6.24. The summed E-state index contributed by atoms with van der Waals surface area (Å²) in [5.41, 5.74) is 0. The SMILES string of the molecule is C=CCOC(=O)CC(COC)OC. The van der Waals surface area contributed by atoms with E-state index in [1.54, 1.807) is 7.11 Å². The van der Waals surface area contributed by atoms with Crippen LogP contribution in [0.2, 0.25) is 0 Å². The first-order valence-corrected chi connectivity index (χ1v) is 4.02. The minimum atomic E-state index is -0.302. The molecule has 1 atom stereocenters. The molecule has 76 valence electrons. The third kappa shape index (κ3) is 6.31. The summed E-state index contributed by atoms with van der Waals surface area (Å²) in [6.45, 7) is 4.06. The molecule has 0 aliphatic heterocycles. The molecule has 0 saturated heterocycles. The van der Waals surface area contributed by atoms with Gasteiger partial charge in [0.2, 0.25) is 0 Å². The number of rotatable bonds is 7. The second kappa shape index (κ2) is 7.76. The molecule has 0 aromatic rings. The normalized spacial score (nSPS) is 12.2. The lowest BCUT2D eigenvalue weighted by atomic mass is 10.3. The molecule has 1 unspecified atom stereocenters. The molecule has 13 heavy (non-hydrogen) atoms. The molecule has 0 N–H and O–H groups in total. The van der Waals surface area contributed by atoms with Crippen molar-refractivity contribution in [1.82, 2.24) is 0 Å². The van der Waals surface area contributed by atoms with Crippen LogP contribution >= 0.6 is 0 Å². The minimum absolute atomic E-state index is 0.207. The van der Waals surface area contributed by atoms with E-state index >= 15 is 0 Å². The number of esters is 1. The van der Waals surface area contributed by atoms with Gasteiger partial charge in [-0.15, -0.1) is 0 Å². The Morgan fingerprint density at radius 3 is 2.69 bits per heavy atom. The highest BCUT2D eigenvalue weighted by Crippen LogP contribution is 1.99. The molecule has 0 rings (SSSR count). The lowest BCUT2D eigenvalue weighted by molar-refractivity contribution is -0.146. The summed E-state index contributed by atoms with van der Waals surface area (Å²) in [4.78, 5) is 11.0. The Bertz CT molecular complexity index is 156. The van der Waals surface area contributed by atoms with Crippen LogP contribution in [0.5, 0.6) is 0 Å². The van der Waals surface area contributed by atoms with E-state index in [0.29, 0.717) is 6.61 Å². The third-order valence-electron chi connectivity index (χ3n) is 1.44. The Balaban J connectivity index is 3.65. The summed E-state index contributed by atoms with van der Waals surface area (Å²) in [6.07, 6.45) is 1.50. The molecular weight excluding hydrogens is 172 g/mol. The van der Waals surface area contributed by atoms with Gasteiger partial charge in [-0.25, -0.2) is 0 Å². The molecule has 0 radical (unpaired) electrons. The summed E-state index contributed by atoms with van der Waals surface area (Å²) >= 11 is 0. The zero-order valence-electron chi connectivity index (χ0n) is 8.12. The number of methoxy groups -OCH3 is 2. The minimum Gasteiger partial charge on any atom is -0.461 e. The van der Waals surface area contributed by atoms with Crippen LogP contribution in [0.15, 0.2) is 12.7 Å². The van der Waals surface area contributed by atoms with E-state index in [1.807, 2.05) is 0 Å². The summed E-state index contributed by atoms with van der Waals surface area (Å²) in [5, 5.41) is 0. The second-order valence-corrected chi connectivity index (χ2v) is 2.49. The van der Waals surface area contributed by atoms with Gasteiger partial charge in [0, 0.05) is 14.2 Å². The largest absolute Gasteiger partial charge is 0.461 e. The Kier molecular flexibility index (Phi) is 7.24. The highest BCUT2D eigenvalue weighted by atomic mass is 16.5. The van der Waals surface area contributed by atoms with Crippen LogP contribution in [0.25, 0.3) is 0 Å². The van der Waals surface area contributed by atoms with Crippen LogP contribution in [0.4, 0.5) is 0 Å². The molecule has 0 heterocycles. The van der Waals surface area contributed by atoms with Crippen LogP contribution in [-0.2, 0) is 19.0 Å². The Morgan fingerprint density at radius 1 is 1.54 bits per heavy atom. The molecule has 0 saturated carbocycles. The van der Waals surface area contributed by atoms with E-state index < -0.39 is 0 Å². The summed E-state index contributed by atoms with van der Waals surface area (Å²) in [5.74, 6) is -0.302. The third-order valence-corrected chi connectivity index (χ3v) is 1.44. The molecule has 0 aromatic heterocycles. The Morgan fingerprint density at radius 2 is 2.23 bits per heavy atom. The van der Waals surface area contributed by atoms with Crippen LogP contribution in [0.3, 0.4) is 0 Å². The zero-order chi connectivity index (χ0) is 10.1. The predicted octanol–water partition coefficient (Wildman–Crippen LogP) is 0.767. The lowest BCUT2D eigenvalue weighted by Gasteiger charge is -2.12. The average Bonchev–Trinajstić information content (AvgIpc) is 2.14. The summed E-state index contributed by atoms with van der Waals surface area (Å²) in [7, 11) is 3.09. The van der Waals surface area contributed by atoms with Gasteiger partial charge in [-0.3, -0.25) is 4.79 Å². The highest BCUT2D eigenvalue weighted by Gasteiger charge is 2.13. The number of hydrogen-bond acceptors (Lipinski definition) is 4. The first-order valence-electron chi connectivity index (χ1n) is 4.02. The first kappa shape index (κ1) is 12.1. The van der Waals surface area contributed by atoms with Crippen LogP contribution < -0.4 is 0 Å². The predicted molar refractivity (Wildman–Crippen MR) is 48.4 cm³/mol. The van der Waals surface area contributed by atoms with Gasteiger partial charge >= 0.3 is 5.97 Å². The fraction of sp³-hybridized carbons (Fsp3) is 0.667. The molecule has 4 nitrogen and oxygen atoms in total. The van der Waals surface area contributed by atoms with Crippen LogP contribution in [0, 0.1) is 0 Å². The fourth-order valence-corrected chi connectivity index (χ4v) is 0.793. The zero-order valence-corrected chi connectivity index (χ0v) is 8.12. The van der Waals surface area contributed by atoms with Gasteiger partial charge in [0.15, 0.2) is 0 Å². The van der Waals surface area contributed by atoms with Crippen molar-refractivity contribution in [2.75, 3.05) is 27.4 Å². The molecule has 0 spiro atoms. The highest BCUT2D eigenvalue weighted by molar-refractivity contribution is 5.70. The van der Waals surface area contributed by atoms with Gasteiger partial charge in [0.05, 0.1) is 19.1 Å². The Hall–Kier alpha value is -0.870. The van der Waals surface area contributed by atoms with E-state index in [9.17, 15) is 4.79 Å². The maximum Gasteiger partial charge on any atom is 0.308 e. The van der Waals surface area contributed by atoms with Crippen molar-refractivity contribution in [2.24, 2.45) is 0 Å². The molecule has 0 aliphatic carbocycles. The van der Waals surface area contributed by atoms with Gasteiger partial charge < -0.3 is 14.2 Å². The van der Waals surface area contributed by atoms with E-state index in [4.69, 9.17) is 14.2 Å². The van der Waals surface area contributed by atoms with Crippen molar-refractivity contribution in [3.63, 3.8) is 0 Å². The number of carbonyl (C=O) groups excluding carboxylic acids is 1. The van der Waals surface area contributed by atoms with Gasteiger partial charge in [-0.1, -0.05) is 12.7 Å². The van der Waals surface area contributed by atoms with Gasteiger partial charge in [-0.2, -0.15) is 0 Å². The summed E-state index contributed by atoms with van der Waals surface area (Å²) < 4.78 is 14.6. The Labute approximate surface area is 78.5 Å². The fourth-order valence-electron chi connectivity index (χ4n) is 0.793. The number of hydrogen-bond donors (Lipinski definition) is 0. The van der Waals surface area contributed by atoms with E-state index in [1.165, 1.54) is 13.2 Å². The van der Waals surface area contributed by atoms with Crippen molar-refractivity contribution in [3.05, 3.63) is 12.7 Å². The molecule has 0 bridgehead atoms. The number of ether oxygens (including phenoxy) is 3. The second-order valence-electron chi connectivity index (χ2n) is 2.49. The maximum atomic E-state index is 11.0. The molecule has 4 heteroatoms. The van der Waals surface area contributed by atoms with Gasteiger partial charge in [0.25, 0.3) is 0 Å². The van der Waals surface area contributed by atoms with E-state index in [2.05, 4.69) is 6.58 Å². The molecule has 0 aromatic carbocycles. The lowest BCUT2D eigenvalue weighted by Crippen LogP contribution is -2.22. The maximum absolute atomic E-state index is 11.0. The van der Waals surface area contributed by atoms with E-state index in [-0.39, 0.29) is 25.1 Å².